The molecule has 1 fully saturated rings. The fourth-order valence-corrected chi connectivity index (χ4v) is 1.74. The lowest BCUT2D eigenvalue weighted by atomic mass is 10.2. The predicted octanol–water partition coefficient (Wildman–Crippen LogP) is 1.67. The summed E-state index contributed by atoms with van der Waals surface area (Å²) in [5.74, 6) is 0. The van der Waals surface area contributed by atoms with Crippen molar-refractivity contribution in [2.24, 2.45) is 0 Å². The van der Waals surface area contributed by atoms with E-state index < -0.39 is 0 Å². The predicted molar refractivity (Wildman–Crippen MR) is 58.0 cm³/mol. The summed E-state index contributed by atoms with van der Waals surface area (Å²) in [5.41, 5.74) is 1.19. The molecule has 0 bridgehead atoms. The maximum Gasteiger partial charge on any atom is 0.0562 e. The second-order valence-electron chi connectivity index (χ2n) is 3.69. The van der Waals surface area contributed by atoms with Crippen LogP contribution in [0, 0.1) is 0 Å². The van der Waals surface area contributed by atoms with Gasteiger partial charge in [0.2, 0.25) is 0 Å². The largest absolute Gasteiger partial charge is 0.311 e. The Bertz CT molecular complexity index is 308. The molecule has 14 heavy (non-hydrogen) atoms. The molecule has 2 heterocycles. The number of aromatic nitrogens is 2. The van der Waals surface area contributed by atoms with Gasteiger partial charge in [0.05, 0.1) is 6.20 Å². The van der Waals surface area contributed by atoms with E-state index in [4.69, 9.17) is 0 Å². The van der Waals surface area contributed by atoms with Crippen molar-refractivity contribution in [3.63, 3.8) is 0 Å². The van der Waals surface area contributed by atoms with E-state index in [2.05, 4.69) is 35.7 Å². The quantitative estimate of drug-likeness (QED) is 0.787. The van der Waals surface area contributed by atoms with Gasteiger partial charge in [-0.15, -0.1) is 0 Å². The fraction of sp³-hybridized carbons (Fsp3) is 0.545. The average Bonchev–Trinajstić information content (AvgIpc) is 2.86. The van der Waals surface area contributed by atoms with Crippen LogP contribution in [-0.2, 0) is 6.54 Å². The van der Waals surface area contributed by atoms with E-state index in [-0.39, 0.29) is 0 Å². The van der Waals surface area contributed by atoms with E-state index in [0.29, 0.717) is 6.04 Å². The van der Waals surface area contributed by atoms with Crippen LogP contribution in [0.25, 0.3) is 6.08 Å². The smallest absolute Gasteiger partial charge is 0.0562 e. The SMILES string of the molecule is CCn1cc(/C=C/C2CCCN2)cn1. The third-order valence-electron chi connectivity index (χ3n) is 2.60. The standard InChI is InChI=1S/C11H17N3/c1-2-14-9-10(8-13-14)5-6-11-4-3-7-12-11/h5-6,8-9,11-12H,2-4,7H2,1H3/b6-5+. The van der Waals surface area contributed by atoms with Crippen LogP contribution >= 0.6 is 0 Å². The summed E-state index contributed by atoms with van der Waals surface area (Å²) in [5, 5.41) is 7.66. The Morgan fingerprint density at radius 2 is 2.64 bits per heavy atom. The molecule has 0 spiro atoms. The van der Waals surface area contributed by atoms with Gasteiger partial charge in [-0.1, -0.05) is 12.2 Å². The molecule has 1 aromatic rings. The first-order valence-corrected chi connectivity index (χ1v) is 5.32. The zero-order valence-corrected chi connectivity index (χ0v) is 8.61. The molecule has 1 N–H and O–H groups in total. The minimum Gasteiger partial charge on any atom is -0.311 e. The summed E-state index contributed by atoms with van der Waals surface area (Å²) in [6.07, 6.45) is 10.9. The molecule has 0 radical (unpaired) electrons. The molecule has 3 nitrogen and oxygen atoms in total. The lowest BCUT2D eigenvalue weighted by Gasteiger charge is -2.00. The molecule has 0 saturated carbocycles. The van der Waals surface area contributed by atoms with Crippen LogP contribution in [-0.4, -0.2) is 22.4 Å². The minimum absolute atomic E-state index is 0.569. The molecule has 1 aliphatic rings. The zero-order valence-electron chi connectivity index (χ0n) is 8.61. The zero-order chi connectivity index (χ0) is 9.80. The summed E-state index contributed by atoms with van der Waals surface area (Å²) in [6.45, 7) is 4.19. The molecule has 0 aromatic carbocycles. The number of hydrogen-bond donors (Lipinski definition) is 1. The summed E-state index contributed by atoms with van der Waals surface area (Å²) in [7, 11) is 0. The summed E-state index contributed by atoms with van der Waals surface area (Å²) in [4.78, 5) is 0. The maximum atomic E-state index is 4.22. The number of aryl methyl sites for hydroxylation is 1. The Morgan fingerprint density at radius 1 is 1.71 bits per heavy atom. The van der Waals surface area contributed by atoms with Crippen molar-refractivity contribution in [2.45, 2.75) is 32.4 Å². The molecule has 0 aliphatic carbocycles. The highest BCUT2D eigenvalue weighted by atomic mass is 15.3. The van der Waals surface area contributed by atoms with Crippen LogP contribution < -0.4 is 5.32 Å². The molecular formula is C11H17N3. The van der Waals surface area contributed by atoms with E-state index in [1.54, 1.807) is 0 Å². The van der Waals surface area contributed by atoms with Crippen LogP contribution in [0.15, 0.2) is 18.5 Å². The molecular weight excluding hydrogens is 174 g/mol. The number of nitrogens with one attached hydrogen (secondary N) is 1. The highest BCUT2D eigenvalue weighted by molar-refractivity contribution is 5.47. The number of hydrogen-bond acceptors (Lipinski definition) is 2. The van der Waals surface area contributed by atoms with Crippen molar-refractivity contribution in [1.29, 1.82) is 0 Å². The second-order valence-corrected chi connectivity index (χ2v) is 3.69. The van der Waals surface area contributed by atoms with E-state index in [1.165, 1.54) is 18.4 Å². The Morgan fingerprint density at radius 3 is 3.29 bits per heavy atom. The molecule has 1 aromatic heterocycles. The maximum absolute atomic E-state index is 4.22. The number of rotatable bonds is 3. The van der Waals surface area contributed by atoms with Crippen LogP contribution in [0.3, 0.4) is 0 Å². The van der Waals surface area contributed by atoms with Crippen LogP contribution in [0.5, 0.6) is 0 Å². The highest BCUT2D eigenvalue weighted by Crippen LogP contribution is 2.08. The molecule has 2 rings (SSSR count). The summed E-state index contributed by atoms with van der Waals surface area (Å²) < 4.78 is 1.95. The first-order chi connectivity index (χ1) is 6.88. The fourth-order valence-electron chi connectivity index (χ4n) is 1.74. The van der Waals surface area contributed by atoms with Crippen molar-refractivity contribution in [1.82, 2.24) is 15.1 Å². The van der Waals surface area contributed by atoms with Crippen molar-refractivity contribution in [2.75, 3.05) is 6.54 Å². The topological polar surface area (TPSA) is 29.9 Å². The second kappa shape index (κ2) is 4.42. The van der Waals surface area contributed by atoms with Gasteiger partial charge in [-0.2, -0.15) is 5.10 Å². The normalized spacial score (nSPS) is 22.2. The Labute approximate surface area is 84.8 Å². The molecule has 3 heteroatoms. The number of nitrogens with zero attached hydrogens (tertiary/aromatic N) is 2. The van der Waals surface area contributed by atoms with Crippen LogP contribution in [0.4, 0.5) is 0 Å². The van der Waals surface area contributed by atoms with Gasteiger partial charge in [-0.25, -0.2) is 0 Å². The molecule has 0 amide bonds. The van der Waals surface area contributed by atoms with Gasteiger partial charge in [-0.05, 0) is 26.3 Å². The molecule has 1 saturated heterocycles. The molecule has 1 unspecified atom stereocenters. The van der Waals surface area contributed by atoms with E-state index in [9.17, 15) is 0 Å². The van der Waals surface area contributed by atoms with Crippen molar-refractivity contribution < 1.29 is 0 Å². The van der Waals surface area contributed by atoms with Gasteiger partial charge in [0.1, 0.15) is 0 Å². The van der Waals surface area contributed by atoms with E-state index in [1.807, 2.05) is 10.9 Å². The Kier molecular flexibility index (Phi) is 2.99. The Balaban J connectivity index is 1.95. The van der Waals surface area contributed by atoms with Crippen LogP contribution in [0.1, 0.15) is 25.3 Å². The molecule has 1 aliphatic heterocycles. The lowest BCUT2D eigenvalue weighted by molar-refractivity contribution is 0.660. The van der Waals surface area contributed by atoms with Gasteiger partial charge in [-0.3, -0.25) is 4.68 Å². The van der Waals surface area contributed by atoms with Crippen molar-refractivity contribution >= 4 is 6.08 Å². The van der Waals surface area contributed by atoms with E-state index in [0.717, 1.165) is 13.1 Å². The van der Waals surface area contributed by atoms with Gasteiger partial charge >= 0.3 is 0 Å². The van der Waals surface area contributed by atoms with Gasteiger partial charge in [0, 0.05) is 24.3 Å². The summed E-state index contributed by atoms with van der Waals surface area (Å²) >= 11 is 0. The first-order valence-electron chi connectivity index (χ1n) is 5.32. The van der Waals surface area contributed by atoms with Gasteiger partial charge in [0.15, 0.2) is 0 Å². The monoisotopic (exact) mass is 191 g/mol. The van der Waals surface area contributed by atoms with Crippen LogP contribution in [0.2, 0.25) is 0 Å². The van der Waals surface area contributed by atoms with E-state index >= 15 is 0 Å². The minimum atomic E-state index is 0.569. The summed E-state index contributed by atoms with van der Waals surface area (Å²) in [6, 6.07) is 0.569. The lowest BCUT2D eigenvalue weighted by Crippen LogP contribution is -2.17. The highest BCUT2D eigenvalue weighted by Gasteiger charge is 2.09. The molecule has 76 valence electrons. The van der Waals surface area contributed by atoms with Gasteiger partial charge < -0.3 is 5.32 Å². The first kappa shape index (κ1) is 9.46. The average molecular weight is 191 g/mol. The van der Waals surface area contributed by atoms with Gasteiger partial charge in [0.25, 0.3) is 0 Å². The molecule has 1 atom stereocenters. The van der Waals surface area contributed by atoms with Crippen molar-refractivity contribution in [3.8, 4) is 0 Å². The van der Waals surface area contributed by atoms with Crippen molar-refractivity contribution in [3.05, 3.63) is 24.0 Å². The third-order valence-corrected chi connectivity index (χ3v) is 2.60. The Hall–Kier alpha value is -1.09. The third kappa shape index (κ3) is 2.23.